The lowest BCUT2D eigenvalue weighted by molar-refractivity contribution is -0.385. The van der Waals surface area contributed by atoms with Crippen LogP contribution in [0.3, 0.4) is 0 Å². The third-order valence-electron chi connectivity index (χ3n) is 1.76. The van der Waals surface area contributed by atoms with E-state index in [9.17, 15) is 29.5 Å². The zero-order chi connectivity index (χ0) is 13.5. The highest BCUT2D eigenvalue weighted by molar-refractivity contribution is 8.45. The van der Waals surface area contributed by atoms with Gasteiger partial charge in [-0.1, -0.05) is 19.4 Å². The summed E-state index contributed by atoms with van der Waals surface area (Å²) in [5.74, 6) is -0.664. The molecule has 0 spiro atoms. The third kappa shape index (κ3) is 3.19. The molecule has 0 saturated heterocycles. The number of nitro benzene ring substituents is 1. The maximum atomic E-state index is 12.4. The van der Waals surface area contributed by atoms with Crippen molar-refractivity contribution in [1.82, 2.24) is 0 Å². The van der Waals surface area contributed by atoms with Gasteiger partial charge in [-0.25, -0.2) is 0 Å². The van der Waals surface area contributed by atoms with Crippen molar-refractivity contribution < 1.29 is 29.1 Å². The Bertz CT molecular complexity index is 485. The molecule has 0 heterocycles. The van der Waals surface area contributed by atoms with Gasteiger partial charge >= 0.3 is 10.2 Å². The average molecular weight is 279 g/mol. The molecule has 1 aromatic rings. The Labute approximate surface area is 91.9 Å². The van der Waals surface area contributed by atoms with E-state index in [2.05, 4.69) is 4.74 Å². The summed E-state index contributed by atoms with van der Waals surface area (Å²) in [6.07, 6.45) is 0. The van der Waals surface area contributed by atoms with E-state index in [0.717, 1.165) is 7.11 Å². The standard InChI is InChI=1S/C7H6F5NO3S/c1-16-6-2-5(13(14)15)3-7(4-6)17(8,9,10,11)12/h2-4H,1H3. The molecule has 4 nitrogen and oxygen atoms in total. The van der Waals surface area contributed by atoms with E-state index in [1.807, 2.05) is 0 Å². The summed E-state index contributed by atoms with van der Waals surface area (Å²) >= 11 is 0. The minimum atomic E-state index is -9.95. The van der Waals surface area contributed by atoms with Crippen molar-refractivity contribution >= 4 is 15.9 Å². The molecular formula is C7H6F5NO3S. The maximum Gasteiger partial charge on any atom is 0.310 e. The van der Waals surface area contributed by atoms with Gasteiger partial charge in [0.15, 0.2) is 0 Å². The number of hydrogen-bond acceptors (Lipinski definition) is 3. The van der Waals surface area contributed by atoms with Crippen LogP contribution in [-0.4, -0.2) is 12.0 Å². The summed E-state index contributed by atoms with van der Waals surface area (Å²) in [5.41, 5.74) is -1.12. The van der Waals surface area contributed by atoms with Gasteiger partial charge in [-0.05, 0) is 0 Å². The van der Waals surface area contributed by atoms with E-state index in [1.165, 1.54) is 0 Å². The molecule has 0 aliphatic heterocycles. The van der Waals surface area contributed by atoms with Crippen LogP contribution in [0.1, 0.15) is 0 Å². The fourth-order valence-electron chi connectivity index (χ4n) is 1.00. The lowest BCUT2D eigenvalue weighted by Gasteiger charge is -2.40. The number of benzene rings is 1. The molecule has 0 radical (unpaired) electrons. The first-order chi connectivity index (χ1) is 7.33. The van der Waals surface area contributed by atoms with E-state index in [4.69, 9.17) is 0 Å². The summed E-state index contributed by atoms with van der Waals surface area (Å²) in [6.45, 7) is 0. The Balaban J connectivity index is 3.58. The van der Waals surface area contributed by atoms with Crippen molar-refractivity contribution in [3.8, 4) is 5.75 Å². The first-order valence-corrected chi connectivity index (χ1v) is 5.86. The van der Waals surface area contributed by atoms with Gasteiger partial charge in [-0.3, -0.25) is 10.1 Å². The molecule has 0 amide bonds. The average Bonchev–Trinajstić information content (AvgIpc) is 2.13. The molecule has 0 atom stereocenters. The van der Waals surface area contributed by atoms with E-state index < -0.39 is 31.5 Å². The molecule has 0 unspecified atom stereocenters. The van der Waals surface area contributed by atoms with Gasteiger partial charge < -0.3 is 4.74 Å². The van der Waals surface area contributed by atoms with Crippen LogP contribution in [0.2, 0.25) is 0 Å². The topological polar surface area (TPSA) is 52.4 Å². The molecule has 1 rings (SSSR count). The zero-order valence-electron chi connectivity index (χ0n) is 8.20. The summed E-state index contributed by atoms with van der Waals surface area (Å²) in [6, 6.07) is 0.422. The second-order valence-electron chi connectivity index (χ2n) is 3.09. The maximum absolute atomic E-state index is 12.4. The van der Waals surface area contributed by atoms with Gasteiger partial charge in [-0.2, -0.15) is 0 Å². The molecule has 0 aromatic heterocycles. The Hall–Kier alpha value is -1.58. The number of nitro groups is 1. The molecule has 0 N–H and O–H groups in total. The second kappa shape index (κ2) is 3.00. The number of non-ortho nitro benzene ring substituents is 1. The fraction of sp³-hybridized carbons (Fsp3) is 0.143. The molecule has 0 saturated carbocycles. The first kappa shape index (κ1) is 13.5. The number of methoxy groups -OCH3 is 1. The highest BCUT2D eigenvalue weighted by Gasteiger charge is 2.66. The van der Waals surface area contributed by atoms with E-state index in [-0.39, 0.29) is 12.1 Å². The molecule has 0 aliphatic rings. The van der Waals surface area contributed by atoms with E-state index >= 15 is 0 Å². The van der Waals surface area contributed by atoms with Crippen LogP contribution < -0.4 is 4.74 Å². The van der Waals surface area contributed by atoms with Crippen molar-refractivity contribution in [3.05, 3.63) is 28.3 Å². The molecule has 0 aliphatic carbocycles. The van der Waals surface area contributed by atoms with Crippen LogP contribution in [0.5, 0.6) is 5.75 Å². The van der Waals surface area contributed by atoms with Crippen molar-refractivity contribution in [1.29, 1.82) is 0 Å². The van der Waals surface area contributed by atoms with Gasteiger partial charge in [-0.15, -0.1) is 0 Å². The van der Waals surface area contributed by atoms with E-state index in [0.29, 0.717) is 6.07 Å². The summed E-state index contributed by atoms with van der Waals surface area (Å²) in [5, 5.41) is 10.3. The van der Waals surface area contributed by atoms with Crippen LogP contribution in [0.25, 0.3) is 0 Å². The van der Waals surface area contributed by atoms with Gasteiger partial charge in [0, 0.05) is 12.1 Å². The van der Waals surface area contributed by atoms with Gasteiger partial charge in [0.25, 0.3) is 5.69 Å². The minimum absolute atomic E-state index is 0.0224. The Morgan fingerprint density at radius 3 is 2.06 bits per heavy atom. The number of nitrogens with zero attached hydrogens (tertiary/aromatic N) is 1. The van der Waals surface area contributed by atoms with Crippen LogP contribution >= 0.6 is 10.2 Å². The molecule has 98 valence electrons. The summed E-state index contributed by atoms with van der Waals surface area (Å²) in [4.78, 5) is 6.74. The van der Waals surface area contributed by atoms with Crippen LogP contribution in [0, 0.1) is 10.1 Å². The van der Waals surface area contributed by atoms with Gasteiger partial charge in [0.2, 0.25) is 0 Å². The van der Waals surface area contributed by atoms with Gasteiger partial charge in [0.05, 0.1) is 18.1 Å². The number of rotatable bonds is 3. The molecule has 10 heteroatoms. The number of hydrogen-bond donors (Lipinski definition) is 0. The monoisotopic (exact) mass is 279 g/mol. The summed E-state index contributed by atoms with van der Waals surface area (Å²) < 4.78 is 66.5. The molecular weight excluding hydrogens is 273 g/mol. The van der Waals surface area contributed by atoms with Crippen molar-refractivity contribution in [2.24, 2.45) is 0 Å². The molecule has 0 fully saturated rings. The Kier molecular flexibility index (Phi) is 2.38. The lowest BCUT2D eigenvalue weighted by Crippen LogP contribution is -2.07. The Morgan fingerprint density at radius 2 is 1.71 bits per heavy atom. The molecule has 17 heavy (non-hydrogen) atoms. The van der Waals surface area contributed by atoms with Crippen molar-refractivity contribution in [2.75, 3.05) is 7.11 Å². The van der Waals surface area contributed by atoms with Crippen LogP contribution in [0.4, 0.5) is 25.1 Å². The van der Waals surface area contributed by atoms with Crippen LogP contribution in [0.15, 0.2) is 23.1 Å². The largest absolute Gasteiger partial charge is 0.496 e. The minimum Gasteiger partial charge on any atom is -0.496 e. The van der Waals surface area contributed by atoms with Crippen molar-refractivity contribution in [3.63, 3.8) is 0 Å². The SMILES string of the molecule is COc1cc([N+](=O)[O-])cc(S(F)(F)(F)(F)F)c1. The van der Waals surface area contributed by atoms with E-state index in [1.54, 1.807) is 0 Å². The number of ether oxygens (including phenoxy) is 1. The van der Waals surface area contributed by atoms with Crippen molar-refractivity contribution in [2.45, 2.75) is 4.90 Å². The smallest absolute Gasteiger partial charge is 0.310 e. The quantitative estimate of drug-likeness (QED) is 0.472. The normalized spacial score (nSPS) is 15.9. The first-order valence-electron chi connectivity index (χ1n) is 3.91. The zero-order valence-corrected chi connectivity index (χ0v) is 9.02. The predicted octanol–water partition coefficient (Wildman–Crippen LogP) is 4.26. The molecule has 1 aromatic carbocycles. The fourth-order valence-corrected chi connectivity index (χ4v) is 1.69. The Morgan fingerprint density at radius 1 is 1.18 bits per heavy atom. The summed E-state index contributed by atoms with van der Waals surface area (Å²) in [7, 11) is -9.04. The number of halogens is 5. The van der Waals surface area contributed by atoms with Gasteiger partial charge in [0.1, 0.15) is 10.6 Å². The highest BCUT2D eigenvalue weighted by atomic mass is 32.5. The lowest BCUT2D eigenvalue weighted by atomic mass is 10.3. The molecule has 0 bridgehead atoms. The third-order valence-corrected chi connectivity index (χ3v) is 2.88. The second-order valence-corrected chi connectivity index (χ2v) is 5.50. The predicted molar refractivity (Wildman–Crippen MR) is 51.0 cm³/mol. The van der Waals surface area contributed by atoms with Crippen LogP contribution in [-0.2, 0) is 0 Å². The highest BCUT2D eigenvalue weighted by Crippen LogP contribution is 3.02.